The summed E-state index contributed by atoms with van der Waals surface area (Å²) in [7, 11) is 0. The van der Waals surface area contributed by atoms with E-state index >= 15 is 0 Å². The van der Waals surface area contributed by atoms with Gasteiger partial charge >= 0.3 is 0 Å². The van der Waals surface area contributed by atoms with Crippen LogP contribution in [0.5, 0.6) is 0 Å². The lowest BCUT2D eigenvalue weighted by Crippen LogP contribution is -2.12. The van der Waals surface area contributed by atoms with E-state index in [1.165, 1.54) is 6.92 Å². The highest BCUT2D eigenvalue weighted by molar-refractivity contribution is 7.14. The molecule has 1 amide bonds. The highest BCUT2D eigenvalue weighted by Crippen LogP contribution is 2.35. The average molecular weight is 310 g/mol. The van der Waals surface area contributed by atoms with Gasteiger partial charge in [0.25, 0.3) is 0 Å². The van der Waals surface area contributed by atoms with Gasteiger partial charge in [0.2, 0.25) is 11.9 Å². The summed E-state index contributed by atoms with van der Waals surface area (Å²) in [4.78, 5) is 21.7. The number of carbonyl (C=O) groups is 1. The maximum absolute atomic E-state index is 11.1. The fourth-order valence-corrected chi connectivity index (χ4v) is 2.79. The third-order valence-electron chi connectivity index (χ3n) is 2.92. The zero-order valence-corrected chi connectivity index (χ0v) is 12.7. The molecule has 2 heterocycles. The molecule has 0 spiro atoms. The predicted molar refractivity (Wildman–Crippen MR) is 88.9 cm³/mol. The van der Waals surface area contributed by atoms with Crippen molar-refractivity contribution in [3.05, 3.63) is 60.2 Å². The molecule has 1 N–H and O–H groups in total. The average Bonchev–Trinajstić information content (AvgIpc) is 3.04. The Morgan fingerprint density at radius 1 is 1.09 bits per heavy atom. The Morgan fingerprint density at radius 3 is 2.41 bits per heavy atom. The second kappa shape index (κ2) is 6.36. The Labute approximate surface area is 132 Å². The summed E-state index contributed by atoms with van der Waals surface area (Å²) in [5.41, 5.74) is 1.69. The molecule has 0 bridgehead atoms. The third kappa shape index (κ3) is 3.12. The zero-order chi connectivity index (χ0) is 15.4. The van der Waals surface area contributed by atoms with Crippen LogP contribution in [0.2, 0.25) is 0 Å². The molecule has 0 aliphatic heterocycles. The molecule has 3 aromatic rings. The molecular formula is C16H14N4OS. The van der Waals surface area contributed by atoms with E-state index in [-0.39, 0.29) is 5.91 Å². The van der Waals surface area contributed by atoms with Crippen LogP contribution in [0.1, 0.15) is 6.92 Å². The first-order valence-electron chi connectivity index (χ1n) is 6.72. The van der Waals surface area contributed by atoms with Crippen LogP contribution in [-0.2, 0) is 4.79 Å². The van der Waals surface area contributed by atoms with E-state index in [1.54, 1.807) is 29.8 Å². The first-order chi connectivity index (χ1) is 10.7. The zero-order valence-electron chi connectivity index (χ0n) is 11.9. The van der Waals surface area contributed by atoms with Crippen LogP contribution < -0.4 is 10.2 Å². The van der Waals surface area contributed by atoms with Crippen molar-refractivity contribution in [1.29, 1.82) is 0 Å². The summed E-state index contributed by atoms with van der Waals surface area (Å²) in [5.74, 6) is 0.520. The van der Waals surface area contributed by atoms with Crippen molar-refractivity contribution in [2.24, 2.45) is 0 Å². The van der Waals surface area contributed by atoms with Gasteiger partial charge in [-0.15, -0.1) is 11.3 Å². The van der Waals surface area contributed by atoms with E-state index in [1.807, 2.05) is 46.7 Å². The summed E-state index contributed by atoms with van der Waals surface area (Å²) in [6.45, 7) is 1.49. The van der Waals surface area contributed by atoms with Gasteiger partial charge in [0, 0.05) is 25.0 Å². The maximum atomic E-state index is 11.1. The highest BCUT2D eigenvalue weighted by atomic mass is 32.1. The van der Waals surface area contributed by atoms with Gasteiger partial charge in [-0.2, -0.15) is 0 Å². The first kappa shape index (κ1) is 14.2. The summed E-state index contributed by atoms with van der Waals surface area (Å²) < 4.78 is 0. The lowest BCUT2D eigenvalue weighted by Gasteiger charge is -2.21. The van der Waals surface area contributed by atoms with Crippen molar-refractivity contribution in [2.45, 2.75) is 6.92 Å². The minimum atomic E-state index is -0.0887. The number of thiophene rings is 1. The summed E-state index contributed by atoms with van der Waals surface area (Å²) in [6.07, 6.45) is 3.43. The van der Waals surface area contributed by atoms with Crippen molar-refractivity contribution in [3.8, 4) is 0 Å². The number of aromatic nitrogens is 2. The van der Waals surface area contributed by atoms with Gasteiger partial charge in [-0.3, -0.25) is 9.69 Å². The van der Waals surface area contributed by atoms with Gasteiger partial charge in [0.05, 0.1) is 5.69 Å². The minimum Gasteiger partial charge on any atom is -0.326 e. The molecule has 5 nitrogen and oxygen atoms in total. The van der Waals surface area contributed by atoms with E-state index in [2.05, 4.69) is 15.3 Å². The van der Waals surface area contributed by atoms with Crippen LogP contribution in [0.15, 0.2) is 60.2 Å². The Balaban J connectivity index is 1.98. The van der Waals surface area contributed by atoms with Gasteiger partial charge in [0.1, 0.15) is 5.00 Å². The lowest BCUT2D eigenvalue weighted by atomic mass is 10.2. The molecule has 0 atom stereocenters. The summed E-state index contributed by atoms with van der Waals surface area (Å²) in [6, 6.07) is 13.4. The van der Waals surface area contributed by atoms with Gasteiger partial charge in [0.15, 0.2) is 0 Å². The molecule has 0 aliphatic carbocycles. The Hall–Kier alpha value is -2.73. The second-order valence-electron chi connectivity index (χ2n) is 4.56. The van der Waals surface area contributed by atoms with E-state index in [0.29, 0.717) is 5.95 Å². The molecule has 0 radical (unpaired) electrons. The fraction of sp³-hybridized carbons (Fsp3) is 0.0625. The number of hydrogen-bond acceptors (Lipinski definition) is 5. The molecule has 3 rings (SSSR count). The van der Waals surface area contributed by atoms with Crippen LogP contribution in [-0.4, -0.2) is 15.9 Å². The van der Waals surface area contributed by atoms with Crippen molar-refractivity contribution in [1.82, 2.24) is 9.97 Å². The number of anilines is 4. The van der Waals surface area contributed by atoms with E-state index in [4.69, 9.17) is 0 Å². The predicted octanol–water partition coefficient (Wildman–Crippen LogP) is 3.97. The van der Waals surface area contributed by atoms with Gasteiger partial charge in [-0.05, 0) is 47.8 Å². The molecule has 1 aromatic carbocycles. The molecule has 0 aliphatic rings. The molecule has 6 heteroatoms. The highest BCUT2D eigenvalue weighted by Gasteiger charge is 2.15. The number of carbonyl (C=O) groups excluding carboxylic acids is 1. The van der Waals surface area contributed by atoms with E-state index < -0.39 is 0 Å². The first-order valence-corrected chi connectivity index (χ1v) is 7.60. The standard InChI is InChI=1S/C16H14N4OS/c1-12(21)19-13-5-7-14(8-6-13)20(15-4-2-11-22-15)16-17-9-3-10-18-16/h2-11H,1H3,(H,19,21). The number of nitrogens with one attached hydrogen (secondary N) is 1. The molecule has 110 valence electrons. The van der Waals surface area contributed by atoms with E-state index in [0.717, 1.165) is 16.4 Å². The maximum Gasteiger partial charge on any atom is 0.235 e. The van der Waals surface area contributed by atoms with Gasteiger partial charge < -0.3 is 5.32 Å². The normalized spacial score (nSPS) is 10.2. The number of nitrogens with zero attached hydrogens (tertiary/aromatic N) is 3. The fourth-order valence-electron chi connectivity index (χ4n) is 2.04. The largest absolute Gasteiger partial charge is 0.326 e. The Kier molecular flexibility index (Phi) is 4.11. The Morgan fingerprint density at radius 2 is 1.82 bits per heavy atom. The number of benzene rings is 1. The molecule has 0 fully saturated rings. The Bertz CT molecular complexity index is 742. The molecule has 0 saturated heterocycles. The van der Waals surface area contributed by atoms with Gasteiger partial charge in [-0.1, -0.05) is 0 Å². The van der Waals surface area contributed by atoms with Crippen LogP contribution >= 0.6 is 11.3 Å². The van der Waals surface area contributed by atoms with Crippen LogP contribution in [0, 0.1) is 0 Å². The number of rotatable bonds is 4. The smallest absolute Gasteiger partial charge is 0.235 e. The summed E-state index contributed by atoms with van der Waals surface area (Å²) >= 11 is 1.61. The number of amides is 1. The molecule has 0 saturated carbocycles. The monoisotopic (exact) mass is 310 g/mol. The quantitative estimate of drug-likeness (QED) is 0.792. The number of hydrogen-bond donors (Lipinski definition) is 1. The van der Waals surface area contributed by atoms with E-state index in [9.17, 15) is 4.79 Å². The van der Waals surface area contributed by atoms with Crippen molar-refractivity contribution in [3.63, 3.8) is 0 Å². The van der Waals surface area contributed by atoms with Crippen molar-refractivity contribution in [2.75, 3.05) is 10.2 Å². The third-order valence-corrected chi connectivity index (χ3v) is 3.78. The van der Waals surface area contributed by atoms with Crippen LogP contribution in [0.25, 0.3) is 0 Å². The molecule has 0 unspecified atom stereocenters. The van der Waals surface area contributed by atoms with Crippen molar-refractivity contribution < 1.29 is 4.79 Å². The van der Waals surface area contributed by atoms with Crippen LogP contribution in [0.4, 0.5) is 22.3 Å². The molecule has 2 aromatic heterocycles. The lowest BCUT2D eigenvalue weighted by molar-refractivity contribution is -0.114. The SMILES string of the molecule is CC(=O)Nc1ccc(N(c2ncccn2)c2cccs2)cc1. The van der Waals surface area contributed by atoms with Crippen LogP contribution in [0.3, 0.4) is 0 Å². The van der Waals surface area contributed by atoms with Crippen molar-refractivity contribution >= 4 is 39.6 Å². The molecule has 22 heavy (non-hydrogen) atoms. The minimum absolute atomic E-state index is 0.0887. The van der Waals surface area contributed by atoms with Gasteiger partial charge in [-0.25, -0.2) is 9.97 Å². The topological polar surface area (TPSA) is 58.1 Å². The molecular weight excluding hydrogens is 296 g/mol. The second-order valence-corrected chi connectivity index (χ2v) is 5.49. The summed E-state index contributed by atoms with van der Waals surface area (Å²) in [5, 5.41) is 5.80.